The summed E-state index contributed by atoms with van der Waals surface area (Å²) in [7, 11) is -6.37. The van der Waals surface area contributed by atoms with Crippen LogP contribution in [0, 0.1) is 5.92 Å². The number of ether oxygens (including phenoxy) is 1. The maximum Gasteiger partial charge on any atom is 0.262 e. The third kappa shape index (κ3) is 6.12. The van der Waals surface area contributed by atoms with Gasteiger partial charge in [-0.15, -0.1) is 11.3 Å². The van der Waals surface area contributed by atoms with Crippen molar-refractivity contribution < 1.29 is 31.5 Å². The second-order valence-electron chi connectivity index (χ2n) is 9.44. The third-order valence-corrected chi connectivity index (χ3v) is 11.2. The minimum absolute atomic E-state index is 0.00406. The van der Waals surface area contributed by atoms with E-state index in [-0.39, 0.29) is 51.7 Å². The predicted octanol–water partition coefficient (Wildman–Crippen LogP) is 3.09. The SMILES string of the molecule is C[C@@H]1CN([C@@H](C)CO)C(=O)c2cccc(NS(=O)(=O)c3ccccc3)c2O[C@H]1CN(C)S(=O)(=O)c1cccs1. The number of sulfonamides is 2. The predicted molar refractivity (Wildman–Crippen MR) is 149 cm³/mol. The Morgan fingerprint density at radius 1 is 1.10 bits per heavy atom. The molecule has 1 aliphatic rings. The number of likely N-dealkylation sites (N-methyl/N-ethyl adjacent to an activating group) is 1. The number of para-hydroxylation sites is 1. The van der Waals surface area contributed by atoms with Gasteiger partial charge in [0.1, 0.15) is 10.3 Å². The molecule has 3 atom stereocenters. The van der Waals surface area contributed by atoms with Gasteiger partial charge in [0.05, 0.1) is 35.3 Å². The monoisotopic (exact) mass is 593 g/mol. The number of nitrogens with zero attached hydrogens (tertiary/aromatic N) is 2. The van der Waals surface area contributed by atoms with Gasteiger partial charge in [-0.3, -0.25) is 9.52 Å². The van der Waals surface area contributed by atoms with Gasteiger partial charge in [-0.05, 0) is 42.6 Å². The quantitative estimate of drug-likeness (QED) is 0.390. The maximum absolute atomic E-state index is 13.6. The van der Waals surface area contributed by atoms with Gasteiger partial charge in [-0.25, -0.2) is 16.8 Å². The van der Waals surface area contributed by atoms with Crippen LogP contribution >= 0.6 is 11.3 Å². The first-order valence-electron chi connectivity index (χ1n) is 12.2. The number of anilines is 1. The highest BCUT2D eigenvalue weighted by molar-refractivity contribution is 7.92. The Kier molecular flexibility index (Phi) is 8.66. The molecule has 4 rings (SSSR count). The smallest absolute Gasteiger partial charge is 0.262 e. The first-order chi connectivity index (χ1) is 18.5. The number of nitrogens with one attached hydrogen (secondary N) is 1. The molecule has 39 heavy (non-hydrogen) atoms. The molecule has 3 aromatic rings. The fourth-order valence-corrected chi connectivity index (χ4v) is 7.73. The van der Waals surface area contributed by atoms with Crippen molar-refractivity contribution in [3.8, 4) is 5.75 Å². The lowest BCUT2D eigenvalue weighted by molar-refractivity contribution is 0.0389. The van der Waals surface area contributed by atoms with E-state index in [1.54, 1.807) is 36.6 Å². The summed E-state index contributed by atoms with van der Waals surface area (Å²) in [4.78, 5) is 15.2. The molecule has 1 aromatic heterocycles. The van der Waals surface area contributed by atoms with E-state index in [1.807, 2.05) is 6.92 Å². The summed E-state index contributed by atoms with van der Waals surface area (Å²) >= 11 is 1.10. The zero-order valence-corrected chi connectivity index (χ0v) is 24.2. The van der Waals surface area contributed by atoms with Gasteiger partial charge in [-0.1, -0.05) is 37.3 Å². The average molecular weight is 594 g/mol. The van der Waals surface area contributed by atoms with E-state index in [9.17, 15) is 26.7 Å². The largest absolute Gasteiger partial charge is 0.486 e. The van der Waals surface area contributed by atoms with E-state index < -0.39 is 38.1 Å². The number of amides is 1. The fourth-order valence-electron chi connectivity index (χ4n) is 4.26. The Morgan fingerprint density at radius 3 is 2.46 bits per heavy atom. The van der Waals surface area contributed by atoms with E-state index >= 15 is 0 Å². The van der Waals surface area contributed by atoms with Crippen LogP contribution in [0.4, 0.5) is 5.69 Å². The van der Waals surface area contributed by atoms with Crippen LogP contribution in [0.25, 0.3) is 0 Å². The number of hydrogen-bond acceptors (Lipinski definition) is 8. The fraction of sp³-hybridized carbons (Fsp3) is 0.346. The number of aliphatic hydroxyl groups excluding tert-OH is 1. The molecule has 0 unspecified atom stereocenters. The molecule has 210 valence electrons. The molecule has 0 bridgehead atoms. The highest BCUT2D eigenvalue weighted by atomic mass is 32.2. The van der Waals surface area contributed by atoms with Crippen LogP contribution < -0.4 is 9.46 Å². The molecule has 0 saturated heterocycles. The number of fused-ring (bicyclic) bond motifs is 1. The van der Waals surface area contributed by atoms with Crippen molar-refractivity contribution in [3.05, 3.63) is 71.6 Å². The van der Waals surface area contributed by atoms with Crippen molar-refractivity contribution >= 4 is 43.0 Å². The highest BCUT2D eigenvalue weighted by Gasteiger charge is 2.36. The van der Waals surface area contributed by atoms with Crippen molar-refractivity contribution in [1.29, 1.82) is 0 Å². The molecule has 0 fully saturated rings. The Labute approximate surface area is 232 Å². The first-order valence-corrected chi connectivity index (χ1v) is 16.0. The van der Waals surface area contributed by atoms with E-state index in [0.29, 0.717) is 0 Å². The standard InChI is InChI=1S/C26H31N3O7S3/c1-18-15-29(19(2)17-30)26(31)21-11-7-12-22(27-38(32,33)20-9-5-4-6-10-20)25(21)36-23(18)16-28(3)39(34,35)24-13-8-14-37-24/h4-14,18-19,23,27,30H,15-17H2,1-3H3/t18-,19+,23+/m1/s1. The highest BCUT2D eigenvalue weighted by Crippen LogP contribution is 2.36. The normalized spacial score (nSPS) is 19.1. The van der Waals surface area contributed by atoms with Crippen molar-refractivity contribution in [2.24, 2.45) is 5.92 Å². The van der Waals surface area contributed by atoms with Gasteiger partial charge in [0.25, 0.3) is 26.0 Å². The average Bonchev–Trinajstić information content (AvgIpc) is 3.47. The Bertz CT molecular complexity index is 1510. The molecule has 0 radical (unpaired) electrons. The van der Waals surface area contributed by atoms with Gasteiger partial charge < -0.3 is 14.7 Å². The first kappa shape index (κ1) is 29.0. The summed E-state index contributed by atoms with van der Waals surface area (Å²) in [5, 5.41) is 11.5. The molecular formula is C26H31N3O7S3. The number of thiophene rings is 1. The summed E-state index contributed by atoms with van der Waals surface area (Å²) in [6.07, 6.45) is -0.757. The molecule has 13 heteroatoms. The van der Waals surface area contributed by atoms with Crippen molar-refractivity contribution in [1.82, 2.24) is 9.21 Å². The van der Waals surface area contributed by atoms with Crippen molar-refractivity contribution in [2.75, 3.05) is 31.5 Å². The summed E-state index contributed by atoms with van der Waals surface area (Å²) in [6.45, 7) is 3.37. The van der Waals surface area contributed by atoms with E-state index in [2.05, 4.69) is 4.72 Å². The molecule has 2 heterocycles. The molecule has 10 nitrogen and oxygen atoms in total. The van der Waals surface area contributed by atoms with Gasteiger partial charge >= 0.3 is 0 Å². The Balaban J connectivity index is 1.77. The maximum atomic E-state index is 13.6. The summed E-state index contributed by atoms with van der Waals surface area (Å²) in [6, 6.07) is 15.0. The van der Waals surface area contributed by atoms with Crippen LogP contribution in [0.15, 0.2) is 75.1 Å². The van der Waals surface area contributed by atoms with E-state index in [1.165, 1.54) is 52.7 Å². The van der Waals surface area contributed by atoms with Crippen molar-refractivity contribution in [2.45, 2.75) is 35.1 Å². The van der Waals surface area contributed by atoms with E-state index in [4.69, 9.17) is 4.74 Å². The molecule has 0 aliphatic carbocycles. The molecule has 2 N–H and O–H groups in total. The van der Waals surface area contributed by atoms with Crippen molar-refractivity contribution in [3.63, 3.8) is 0 Å². The summed E-state index contributed by atoms with van der Waals surface area (Å²) < 4.78 is 62.8. The lowest BCUT2D eigenvalue weighted by Gasteiger charge is -2.38. The lowest BCUT2D eigenvalue weighted by Crippen LogP contribution is -2.50. The second-order valence-corrected chi connectivity index (χ2v) is 14.3. The number of benzene rings is 2. The van der Waals surface area contributed by atoms with Gasteiger partial charge in [0.2, 0.25) is 0 Å². The minimum atomic E-state index is -4.03. The van der Waals surface area contributed by atoms with Gasteiger partial charge in [-0.2, -0.15) is 4.31 Å². The topological polar surface area (TPSA) is 133 Å². The Hall–Kier alpha value is -2.97. The number of aliphatic hydroxyl groups is 1. The zero-order valence-electron chi connectivity index (χ0n) is 21.7. The molecule has 1 amide bonds. The molecular weight excluding hydrogens is 563 g/mol. The lowest BCUT2D eigenvalue weighted by atomic mass is 9.99. The number of carbonyl (C=O) groups is 1. The van der Waals surface area contributed by atoms with Crippen LogP contribution in [0.2, 0.25) is 0 Å². The second kappa shape index (κ2) is 11.6. The van der Waals surface area contributed by atoms with Crippen LogP contribution in [0.1, 0.15) is 24.2 Å². The summed E-state index contributed by atoms with van der Waals surface area (Å²) in [5.41, 5.74) is 0.147. The molecule has 0 spiro atoms. The molecule has 2 aromatic carbocycles. The van der Waals surface area contributed by atoms with Gasteiger partial charge in [0.15, 0.2) is 5.75 Å². The van der Waals surface area contributed by atoms with Crippen LogP contribution in [-0.4, -0.2) is 75.9 Å². The number of carbonyl (C=O) groups excluding carboxylic acids is 1. The Morgan fingerprint density at radius 2 is 1.82 bits per heavy atom. The van der Waals surface area contributed by atoms with Crippen LogP contribution in [0.5, 0.6) is 5.75 Å². The summed E-state index contributed by atoms with van der Waals surface area (Å²) in [5.74, 6) is -0.816. The van der Waals surface area contributed by atoms with Crippen LogP contribution in [-0.2, 0) is 20.0 Å². The zero-order chi connectivity index (χ0) is 28.4. The number of hydrogen-bond donors (Lipinski definition) is 2. The van der Waals surface area contributed by atoms with E-state index in [0.717, 1.165) is 11.3 Å². The third-order valence-electron chi connectivity index (χ3n) is 6.59. The minimum Gasteiger partial charge on any atom is -0.486 e. The molecule has 0 saturated carbocycles. The molecule has 1 aliphatic heterocycles. The number of rotatable bonds is 9. The van der Waals surface area contributed by atoms with Crippen LogP contribution in [0.3, 0.4) is 0 Å². The van der Waals surface area contributed by atoms with Gasteiger partial charge in [0, 0.05) is 19.5 Å².